The molecular weight excluding hydrogens is 100 g/mol. The third-order valence-corrected chi connectivity index (χ3v) is 0.827. The van der Waals surface area contributed by atoms with E-state index in [0.717, 1.165) is 0 Å². The van der Waals surface area contributed by atoms with Crippen molar-refractivity contribution < 1.29 is 0 Å². The van der Waals surface area contributed by atoms with Crippen LogP contribution in [0.25, 0.3) is 6.20 Å². The smallest absolute Gasteiger partial charge is 0.0493 e. The minimum Gasteiger partial charge on any atom is -0.249 e. The van der Waals surface area contributed by atoms with Gasteiger partial charge in [0.25, 0.3) is 0 Å². The quantitative estimate of drug-likeness (QED) is 0.531. The Balaban J connectivity index is 2.77. The first-order chi connectivity index (χ1) is 3.93. The number of rotatable bonds is 1. The van der Waals surface area contributed by atoms with Crippen molar-refractivity contribution in [1.82, 2.24) is 9.78 Å². The Morgan fingerprint density at radius 1 is 1.62 bits per heavy atom. The topological polar surface area (TPSA) is 17.8 Å². The van der Waals surface area contributed by atoms with Crippen molar-refractivity contribution in [2.45, 2.75) is 6.92 Å². The average molecular weight is 108 g/mol. The Hall–Kier alpha value is -1.05. The van der Waals surface area contributed by atoms with Crippen molar-refractivity contribution in [3.05, 3.63) is 24.5 Å². The molecule has 0 spiro atoms. The fourth-order valence-electron chi connectivity index (χ4n) is 0.522. The molecule has 1 rings (SSSR count). The molecule has 0 atom stereocenters. The molecule has 0 radical (unpaired) electrons. The Kier molecular flexibility index (Phi) is 1.47. The van der Waals surface area contributed by atoms with Gasteiger partial charge in [-0.25, -0.2) is 4.68 Å². The molecule has 0 unspecified atom stereocenters. The van der Waals surface area contributed by atoms with E-state index in [1.807, 2.05) is 31.5 Å². The molecule has 2 nitrogen and oxygen atoms in total. The van der Waals surface area contributed by atoms with Gasteiger partial charge in [0.15, 0.2) is 0 Å². The summed E-state index contributed by atoms with van der Waals surface area (Å²) in [5.74, 6) is 0. The van der Waals surface area contributed by atoms with Gasteiger partial charge >= 0.3 is 0 Å². The zero-order valence-electron chi connectivity index (χ0n) is 4.78. The molecule has 0 N–H and O–H groups in total. The highest BCUT2D eigenvalue weighted by Gasteiger charge is 1.75. The maximum atomic E-state index is 3.94. The molecule has 0 aliphatic rings. The molecule has 0 saturated heterocycles. The predicted octanol–water partition coefficient (Wildman–Crippen LogP) is 1.37. The highest BCUT2D eigenvalue weighted by molar-refractivity contribution is 5.17. The summed E-state index contributed by atoms with van der Waals surface area (Å²) in [6.45, 7) is 1.96. The van der Waals surface area contributed by atoms with Crippen LogP contribution < -0.4 is 0 Å². The summed E-state index contributed by atoms with van der Waals surface area (Å²) in [6, 6.07) is 1.89. The normalized spacial score (nSPS) is 10.6. The van der Waals surface area contributed by atoms with E-state index in [1.54, 1.807) is 10.9 Å². The van der Waals surface area contributed by atoms with E-state index in [0.29, 0.717) is 0 Å². The first-order valence-electron chi connectivity index (χ1n) is 2.55. The van der Waals surface area contributed by atoms with E-state index in [1.165, 1.54) is 0 Å². The molecule has 42 valence electrons. The molecule has 0 amide bonds. The standard InChI is InChI=1S/C6H8N2/c1-2-5-8-6-3-4-7-8/h2-6H,1H3/b5-2+. The van der Waals surface area contributed by atoms with Crippen LogP contribution in [0.3, 0.4) is 0 Å². The molecule has 0 fully saturated rings. The number of hydrogen-bond donors (Lipinski definition) is 0. The van der Waals surface area contributed by atoms with E-state index < -0.39 is 0 Å². The van der Waals surface area contributed by atoms with Crippen LogP contribution in [0.15, 0.2) is 24.5 Å². The minimum atomic E-state index is 1.75. The Labute approximate surface area is 48.4 Å². The van der Waals surface area contributed by atoms with Crippen molar-refractivity contribution in [1.29, 1.82) is 0 Å². The number of allylic oxidation sites excluding steroid dienone is 1. The van der Waals surface area contributed by atoms with Gasteiger partial charge in [-0.15, -0.1) is 0 Å². The second kappa shape index (κ2) is 2.31. The summed E-state index contributed by atoms with van der Waals surface area (Å²) in [5.41, 5.74) is 0. The lowest BCUT2D eigenvalue weighted by Gasteiger charge is -1.83. The summed E-state index contributed by atoms with van der Waals surface area (Å²) < 4.78 is 1.75. The van der Waals surface area contributed by atoms with Crippen molar-refractivity contribution in [3.63, 3.8) is 0 Å². The molecule has 0 aliphatic carbocycles. The fraction of sp³-hybridized carbons (Fsp3) is 0.167. The van der Waals surface area contributed by atoms with Crippen LogP contribution in [0.2, 0.25) is 0 Å². The number of aromatic nitrogens is 2. The third kappa shape index (κ3) is 0.964. The van der Waals surface area contributed by atoms with Crippen LogP contribution in [0, 0.1) is 0 Å². The van der Waals surface area contributed by atoms with Gasteiger partial charge in [-0.05, 0) is 13.0 Å². The molecule has 0 aromatic carbocycles. The van der Waals surface area contributed by atoms with E-state index >= 15 is 0 Å². The average Bonchev–Trinajstić information content (AvgIpc) is 2.19. The van der Waals surface area contributed by atoms with Gasteiger partial charge < -0.3 is 0 Å². The third-order valence-electron chi connectivity index (χ3n) is 0.827. The number of hydrogen-bond acceptors (Lipinski definition) is 1. The summed E-state index contributed by atoms with van der Waals surface area (Å²) in [4.78, 5) is 0. The summed E-state index contributed by atoms with van der Waals surface area (Å²) in [7, 11) is 0. The van der Waals surface area contributed by atoms with Crippen molar-refractivity contribution >= 4 is 6.20 Å². The van der Waals surface area contributed by atoms with Crippen LogP contribution in [0.4, 0.5) is 0 Å². The van der Waals surface area contributed by atoms with Crippen molar-refractivity contribution in [3.8, 4) is 0 Å². The second-order valence-electron chi connectivity index (χ2n) is 1.47. The molecule has 1 aromatic rings. The molecule has 8 heavy (non-hydrogen) atoms. The summed E-state index contributed by atoms with van der Waals surface area (Å²) in [6.07, 6.45) is 7.47. The van der Waals surface area contributed by atoms with E-state index in [9.17, 15) is 0 Å². The first-order valence-corrected chi connectivity index (χ1v) is 2.55. The van der Waals surface area contributed by atoms with E-state index in [4.69, 9.17) is 0 Å². The molecule has 0 saturated carbocycles. The Morgan fingerprint density at radius 3 is 3.00 bits per heavy atom. The van der Waals surface area contributed by atoms with Crippen LogP contribution in [0.5, 0.6) is 0 Å². The Bertz CT molecular complexity index is 163. The summed E-state index contributed by atoms with van der Waals surface area (Å²) in [5, 5.41) is 3.94. The van der Waals surface area contributed by atoms with Gasteiger partial charge in [-0.3, -0.25) is 0 Å². The van der Waals surface area contributed by atoms with Crippen molar-refractivity contribution in [2.24, 2.45) is 0 Å². The molecule has 2 heteroatoms. The fourth-order valence-corrected chi connectivity index (χ4v) is 0.522. The highest BCUT2D eigenvalue weighted by atomic mass is 15.2. The zero-order valence-corrected chi connectivity index (χ0v) is 4.78. The lowest BCUT2D eigenvalue weighted by molar-refractivity contribution is 0.934. The lowest BCUT2D eigenvalue weighted by Crippen LogP contribution is -1.82. The second-order valence-corrected chi connectivity index (χ2v) is 1.47. The van der Waals surface area contributed by atoms with Gasteiger partial charge in [0, 0.05) is 18.6 Å². The van der Waals surface area contributed by atoms with E-state index in [2.05, 4.69) is 5.10 Å². The first kappa shape index (κ1) is 5.09. The molecule has 0 aliphatic heterocycles. The van der Waals surface area contributed by atoms with Gasteiger partial charge in [0.05, 0.1) is 0 Å². The minimum absolute atomic E-state index is 1.75. The maximum absolute atomic E-state index is 3.94. The molecular formula is C6H8N2. The molecule has 1 aromatic heterocycles. The maximum Gasteiger partial charge on any atom is 0.0493 e. The van der Waals surface area contributed by atoms with Crippen molar-refractivity contribution in [2.75, 3.05) is 0 Å². The predicted molar refractivity (Wildman–Crippen MR) is 33.2 cm³/mol. The molecule has 0 bridgehead atoms. The van der Waals surface area contributed by atoms with E-state index in [-0.39, 0.29) is 0 Å². The van der Waals surface area contributed by atoms with Gasteiger partial charge in [-0.2, -0.15) is 5.10 Å². The molecule has 1 heterocycles. The zero-order chi connectivity index (χ0) is 5.82. The largest absolute Gasteiger partial charge is 0.249 e. The lowest BCUT2D eigenvalue weighted by atomic mass is 10.7. The van der Waals surface area contributed by atoms with Gasteiger partial charge in [0.1, 0.15) is 0 Å². The Morgan fingerprint density at radius 2 is 2.50 bits per heavy atom. The summed E-state index contributed by atoms with van der Waals surface area (Å²) >= 11 is 0. The van der Waals surface area contributed by atoms with Gasteiger partial charge in [-0.1, -0.05) is 6.08 Å². The van der Waals surface area contributed by atoms with Crippen LogP contribution in [-0.2, 0) is 0 Å². The van der Waals surface area contributed by atoms with Crippen LogP contribution in [-0.4, -0.2) is 9.78 Å². The monoisotopic (exact) mass is 108 g/mol. The number of nitrogens with zero attached hydrogens (tertiary/aromatic N) is 2. The van der Waals surface area contributed by atoms with Gasteiger partial charge in [0.2, 0.25) is 0 Å². The SMILES string of the molecule is C/C=C/n1cccn1. The van der Waals surface area contributed by atoms with Crippen LogP contribution in [0.1, 0.15) is 6.92 Å². The highest BCUT2D eigenvalue weighted by Crippen LogP contribution is 1.83. The van der Waals surface area contributed by atoms with Crippen LogP contribution >= 0.6 is 0 Å².